The Bertz CT molecular complexity index is 950. The van der Waals surface area contributed by atoms with Crippen LogP contribution in [0.15, 0.2) is 24.3 Å². The SMILES string of the molecule is O=CN1CCN(C(=O)c2nc(C(=O)Nc3ccccc3F)n3c2CCCC3)CC1. The molecule has 2 aliphatic rings. The summed E-state index contributed by atoms with van der Waals surface area (Å²) >= 11 is 0. The van der Waals surface area contributed by atoms with Gasteiger partial charge < -0.3 is 19.7 Å². The van der Waals surface area contributed by atoms with Crippen LogP contribution in [0.4, 0.5) is 10.1 Å². The molecular formula is C20H22FN5O3. The molecule has 4 rings (SSSR count). The molecule has 8 nitrogen and oxygen atoms in total. The maximum atomic E-state index is 13.9. The van der Waals surface area contributed by atoms with Crippen LogP contribution in [0.5, 0.6) is 0 Å². The van der Waals surface area contributed by atoms with Crippen LogP contribution in [0.1, 0.15) is 39.6 Å². The number of fused-ring (bicyclic) bond motifs is 1. The zero-order valence-electron chi connectivity index (χ0n) is 15.9. The van der Waals surface area contributed by atoms with E-state index in [1.165, 1.54) is 12.1 Å². The van der Waals surface area contributed by atoms with Crippen molar-refractivity contribution >= 4 is 23.9 Å². The number of para-hydroxylation sites is 1. The third-order valence-corrected chi connectivity index (χ3v) is 5.40. The maximum Gasteiger partial charge on any atom is 0.291 e. The summed E-state index contributed by atoms with van der Waals surface area (Å²) < 4.78 is 15.7. The second kappa shape index (κ2) is 8.02. The average Bonchev–Trinajstić information content (AvgIpc) is 3.15. The van der Waals surface area contributed by atoms with Crippen molar-refractivity contribution in [1.82, 2.24) is 19.4 Å². The zero-order chi connectivity index (χ0) is 20.4. The van der Waals surface area contributed by atoms with Crippen molar-refractivity contribution in [2.45, 2.75) is 25.8 Å². The number of nitrogens with one attached hydrogen (secondary N) is 1. The summed E-state index contributed by atoms with van der Waals surface area (Å²) in [6.45, 7) is 2.41. The van der Waals surface area contributed by atoms with E-state index in [1.54, 1.807) is 26.5 Å². The number of nitrogens with zero attached hydrogens (tertiary/aromatic N) is 4. The lowest BCUT2D eigenvalue weighted by atomic mass is 10.1. The summed E-state index contributed by atoms with van der Waals surface area (Å²) in [6.07, 6.45) is 3.25. The number of hydrogen-bond donors (Lipinski definition) is 1. The smallest absolute Gasteiger partial charge is 0.291 e. The summed E-state index contributed by atoms with van der Waals surface area (Å²) in [5, 5.41) is 2.55. The highest BCUT2D eigenvalue weighted by atomic mass is 19.1. The Kier molecular flexibility index (Phi) is 5.28. The van der Waals surface area contributed by atoms with Crippen LogP contribution in [-0.4, -0.2) is 63.8 Å². The van der Waals surface area contributed by atoms with E-state index in [0.29, 0.717) is 39.1 Å². The highest BCUT2D eigenvalue weighted by molar-refractivity contribution is 6.03. The molecule has 0 atom stereocenters. The summed E-state index contributed by atoms with van der Waals surface area (Å²) in [7, 11) is 0. The second-order valence-corrected chi connectivity index (χ2v) is 7.21. The van der Waals surface area contributed by atoms with E-state index in [-0.39, 0.29) is 23.1 Å². The van der Waals surface area contributed by atoms with E-state index in [2.05, 4.69) is 10.3 Å². The van der Waals surface area contributed by atoms with Crippen molar-refractivity contribution in [3.63, 3.8) is 0 Å². The highest BCUT2D eigenvalue weighted by Gasteiger charge is 2.31. The number of benzene rings is 1. The molecule has 2 aliphatic heterocycles. The van der Waals surface area contributed by atoms with E-state index in [4.69, 9.17) is 0 Å². The maximum absolute atomic E-state index is 13.9. The van der Waals surface area contributed by atoms with Crippen LogP contribution in [0, 0.1) is 5.82 Å². The van der Waals surface area contributed by atoms with E-state index in [1.807, 2.05) is 0 Å². The van der Waals surface area contributed by atoms with Crippen molar-refractivity contribution in [1.29, 1.82) is 0 Å². The van der Waals surface area contributed by atoms with Crippen molar-refractivity contribution in [2.75, 3.05) is 31.5 Å². The quantitative estimate of drug-likeness (QED) is 0.790. The van der Waals surface area contributed by atoms with E-state index >= 15 is 0 Å². The van der Waals surface area contributed by atoms with Gasteiger partial charge >= 0.3 is 0 Å². The topological polar surface area (TPSA) is 87.5 Å². The van der Waals surface area contributed by atoms with Crippen molar-refractivity contribution < 1.29 is 18.8 Å². The molecule has 3 amide bonds. The van der Waals surface area contributed by atoms with Gasteiger partial charge in [0.2, 0.25) is 6.41 Å². The first-order valence-corrected chi connectivity index (χ1v) is 9.72. The largest absolute Gasteiger partial charge is 0.342 e. The Hall–Kier alpha value is -3.23. The number of imidazole rings is 1. The summed E-state index contributed by atoms with van der Waals surface area (Å²) in [6, 6.07) is 5.92. The molecule has 1 saturated heterocycles. The predicted octanol–water partition coefficient (Wildman–Crippen LogP) is 1.52. The second-order valence-electron chi connectivity index (χ2n) is 7.21. The van der Waals surface area contributed by atoms with E-state index in [9.17, 15) is 18.8 Å². The van der Waals surface area contributed by atoms with Crippen molar-refractivity contribution in [2.24, 2.45) is 0 Å². The number of anilines is 1. The molecule has 29 heavy (non-hydrogen) atoms. The molecule has 0 saturated carbocycles. The van der Waals surface area contributed by atoms with E-state index in [0.717, 1.165) is 24.9 Å². The van der Waals surface area contributed by atoms with Gasteiger partial charge in [-0.2, -0.15) is 0 Å². The number of piperazine rings is 1. The molecule has 0 bridgehead atoms. The molecule has 1 fully saturated rings. The fourth-order valence-electron chi connectivity index (χ4n) is 3.81. The van der Waals surface area contributed by atoms with Gasteiger partial charge in [0.15, 0.2) is 5.82 Å². The molecule has 0 spiro atoms. The van der Waals surface area contributed by atoms with Crippen molar-refractivity contribution in [3.8, 4) is 0 Å². The number of halogens is 1. The predicted molar refractivity (Wildman–Crippen MR) is 103 cm³/mol. The van der Waals surface area contributed by atoms with Crippen LogP contribution >= 0.6 is 0 Å². The standard InChI is InChI=1S/C20H22FN5O3/c21-14-5-1-2-6-15(14)22-19(28)18-23-17(16-7-3-4-8-26(16)18)20(29)25-11-9-24(13-27)10-12-25/h1-2,5-6,13H,3-4,7-12H2,(H,22,28). The van der Waals surface area contributed by atoms with Gasteiger partial charge in [0, 0.05) is 32.7 Å². The Balaban J connectivity index is 1.60. The number of hydrogen-bond acceptors (Lipinski definition) is 4. The molecule has 2 aromatic rings. The first-order valence-electron chi connectivity index (χ1n) is 9.72. The van der Waals surface area contributed by atoms with Gasteiger partial charge in [-0.1, -0.05) is 12.1 Å². The summed E-state index contributed by atoms with van der Waals surface area (Å²) in [5.41, 5.74) is 1.10. The summed E-state index contributed by atoms with van der Waals surface area (Å²) in [5.74, 6) is -1.18. The lowest BCUT2D eigenvalue weighted by molar-refractivity contribution is -0.119. The fourth-order valence-corrected chi connectivity index (χ4v) is 3.81. The number of rotatable bonds is 4. The number of amides is 3. The molecule has 1 N–H and O–H groups in total. The van der Waals surface area contributed by atoms with E-state index < -0.39 is 11.7 Å². The zero-order valence-corrected chi connectivity index (χ0v) is 15.9. The Morgan fingerprint density at radius 3 is 2.55 bits per heavy atom. The molecule has 0 aliphatic carbocycles. The average molecular weight is 399 g/mol. The Morgan fingerprint density at radius 1 is 1.07 bits per heavy atom. The molecule has 152 valence electrons. The van der Waals surface area contributed by atoms with Gasteiger partial charge in [0.1, 0.15) is 11.5 Å². The summed E-state index contributed by atoms with van der Waals surface area (Å²) in [4.78, 5) is 44.4. The van der Waals surface area contributed by atoms with Crippen molar-refractivity contribution in [3.05, 3.63) is 47.3 Å². The Labute approximate surface area is 167 Å². The van der Waals surface area contributed by atoms with Gasteiger partial charge in [0.05, 0.1) is 11.4 Å². The fraction of sp³-hybridized carbons (Fsp3) is 0.400. The Morgan fingerprint density at radius 2 is 1.83 bits per heavy atom. The molecular weight excluding hydrogens is 377 g/mol. The van der Waals surface area contributed by atoms with Gasteiger partial charge in [-0.25, -0.2) is 9.37 Å². The molecule has 1 aromatic carbocycles. The first-order chi connectivity index (χ1) is 14.1. The molecule has 0 unspecified atom stereocenters. The van der Waals surface area contributed by atoms with Crippen LogP contribution in [0.25, 0.3) is 0 Å². The third-order valence-electron chi connectivity index (χ3n) is 5.40. The molecule has 1 aromatic heterocycles. The normalized spacial score (nSPS) is 16.3. The minimum atomic E-state index is -0.539. The lowest BCUT2D eigenvalue weighted by Crippen LogP contribution is -2.48. The highest BCUT2D eigenvalue weighted by Crippen LogP contribution is 2.24. The lowest BCUT2D eigenvalue weighted by Gasteiger charge is -2.32. The van der Waals surface area contributed by atoms with Gasteiger partial charge in [-0.3, -0.25) is 14.4 Å². The monoisotopic (exact) mass is 399 g/mol. The van der Waals surface area contributed by atoms with Crippen LogP contribution in [-0.2, 0) is 17.8 Å². The van der Waals surface area contributed by atoms with Gasteiger partial charge in [-0.05, 0) is 31.4 Å². The van der Waals surface area contributed by atoms with Gasteiger partial charge in [0.25, 0.3) is 11.8 Å². The minimum absolute atomic E-state index is 0.0727. The molecule has 9 heteroatoms. The van der Waals surface area contributed by atoms with Crippen LogP contribution in [0.2, 0.25) is 0 Å². The minimum Gasteiger partial charge on any atom is -0.342 e. The van der Waals surface area contributed by atoms with Crippen LogP contribution in [0.3, 0.4) is 0 Å². The number of carbonyl (C=O) groups is 3. The molecule has 3 heterocycles. The number of aromatic nitrogens is 2. The van der Waals surface area contributed by atoms with Crippen LogP contribution < -0.4 is 5.32 Å². The number of carbonyl (C=O) groups excluding carboxylic acids is 3. The van der Waals surface area contributed by atoms with Gasteiger partial charge in [-0.15, -0.1) is 0 Å². The third kappa shape index (κ3) is 3.72. The molecule has 0 radical (unpaired) electrons. The first kappa shape index (κ1) is 19.1.